The lowest BCUT2D eigenvalue weighted by Crippen LogP contribution is -2.55. The van der Waals surface area contributed by atoms with Crippen LogP contribution in [0.25, 0.3) is 0 Å². The Labute approximate surface area is 96.3 Å². The molecule has 0 bridgehead atoms. The quantitative estimate of drug-likeness (QED) is 0.563. The van der Waals surface area contributed by atoms with E-state index in [1.807, 2.05) is 21.1 Å². The van der Waals surface area contributed by atoms with Gasteiger partial charge >= 0.3 is 0 Å². The maximum Gasteiger partial charge on any atom is 0.123 e. The third-order valence-electron chi connectivity index (χ3n) is 1.42. The number of aliphatic carboxylic acids is 1. The number of nitrogens with zero attached hydrogens (tertiary/aromatic N) is 1. The van der Waals surface area contributed by atoms with E-state index < -0.39 is 18.1 Å². The monoisotopic (exact) mass is 248 g/mol. The standard InChI is InChI=1S/C7H16N2O3.2ClH/c1-9(2,3)4-5(10)6(8)7(11)12;;/h5-6,10H,4,8H2,1-3H3;2*1H. The Hall–Kier alpha value is -0.0700. The molecule has 88 valence electrons. The molecular weight excluding hydrogens is 231 g/mol. The molecule has 0 aromatic rings. The van der Waals surface area contributed by atoms with E-state index in [0.29, 0.717) is 4.48 Å². The van der Waals surface area contributed by atoms with Gasteiger partial charge in [-0.05, 0) is 0 Å². The second kappa shape index (κ2) is 7.25. The molecule has 7 heteroatoms. The van der Waals surface area contributed by atoms with Crippen LogP contribution in [0.1, 0.15) is 0 Å². The van der Waals surface area contributed by atoms with Crippen LogP contribution in [0.2, 0.25) is 0 Å². The van der Waals surface area contributed by atoms with E-state index in [1.165, 1.54) is 0 Å². The fourth-order valence-corrected chi connectivity index (χ4v) is 0.832. The molecule has 0 heterocycles. The van der Waals surface area contributed by atoms with Crippen molar-refractivity contribution in [2.45, 2.75) is 12.1 Å². The summed E-state index contributed by atoms with van der Waals surface area (Å²) in [5.41, 5.74) is 5.15. The molecule has 2 unspecified atom stereocenters. The van der Waals surface area contributed by atoms with E-state index in [1.54, 1.807) is 0 Å². The molecule has 0 saturated heterocycles. The fraction of sp³-hybridized carbons (Fsp3) is 0.857. The van der Waals surface area contributed by atoms with Gasteiger partial charge in [0, 0.05) is 0 Å². The molecule has 0 fully saturated rings. The van der Waals surface area contributed by atoms with E-state index in [9.17, 15) is 15.0 Å². The van der Waals surface area contributed by atoms with Crippen LogP contribution in [0.5, 0.6) is 0 Å². The first-order chi connectivity index (χ1) is 5.24. The third kappa shape index (κ3) is 8.52. The summed E-state index contributed by atoms with van der Waals surface area (Å²) in [6.45, 7) is 0.287. The number of rotatable bonds is 4. The van der Waals surface area contributed by atoms with Crippen molar-refractivity contribution in [2.75, 3.05) is 27.7 Å². The first-order valence-electron chi connectivity index (χ1n) is 3.69. The highest BCUT2D eigenvalue weighted by atomic mass is 35.5. The number of carboxylic acid groups (broad SMARTS) is 1. The summed E-state index contributed by atoms with van der Waals surface area (Å²) in [5, 5.41) is 19.5. The summed E-state index contributed by atoms with van der Waals surface area (Å²) in [7, 11) is 5.52. The van der Waals surface area contributed by atoms with Gasteiger partial charge in [-0.25, -0.2) is 0 Å². The highest BCUT2D eigenvalue weighted by Gasteiger charge is 2.22. The maximum absolute atomic E-state index is 10.2. The number of quaternary nitrogens is 1. The first-order valence-corrected chi connectivity index (χ1v) is 3.69. The molecule has 0 rings (SSSR count). The van der Waals surface area contributed by atoms with Gasteiger partial charge in [-0.15, -0.1) is 24.8 Å². The van der Waals surface area contributed by atoms with Gasteiger partial charge in [0.1, 0.15) is 12.6 Å². The van der Waals surface area contributed by atoms with Crippen molar-refractivity contribution in [3.8, 4) is 0 Å². The van der Waals surface area contributed by atoms with Gasteiger partial charge in [-0.2, -0.15) is 0 Å². The van der Waals surface area contributed by atoms with Crippen molar-refractivity contribution < 1.29 is 19.5 Å². The minimum absolute atomic E-state index is 0. The van der Waals surface area contributed by atoms with Crippen molar-refractivity contribution in [1.29, 1.82) is 0 Å². The SMILES string of the molecule is C[N+](C)(C)CC(O)C(N)C(=O)[O-].Cl.Cl. The zero-order valence-corrected chi connectivity index (χ0v) is 10.1. The number of aliphatic hydroxyl groups is 1. The Bertz CT molecular complexity index is 173. The predicted molar refractivity (Wildman–Crippen MR) is 56.4 cm³/mol. The summed E-state index contributed by atoms with van der Waals surface area (Å²) in [4.78, 5) is 10.2. The molecule has 0 aromatic heterocycles. The van der Waals surface area contributed by atoms with Crippen molar-refractivity contribution in [1.82, 2.24) is 0 Å². The molecule has 3 N–H and O–H groups in total. The lowest BCUT2D eigenvalue weighted by Gasteiger charge is -2.29. The van der Waals surface area contributed by atoms with Crippen molar-refractivity contribution >= 4 is 30.8 Å². The summed E-state index contributed by atoms with van der Waals surface area (Å²) in [5.74, 6) is -1.42. The van der Waals surface area contributed by atoms with Gasteiger partial charge in [0.2, 0.25) is 0 Å². The number of carbonyl (C=O) groups is 1. The number of nitrogens with two attached hydrogens (primary N) is 1. The second-order valence-corrected chi connectivity index (χ2v) is 3.89. The van der Waals surface area contributed by atoms with Gasteiger partial charge < -0.3 is 25.2 Å². The largest absolute Gasteiger partial charge is 0.548 e. The molecule has 5 nitrogen and oxygen atoms in total. The van der Waals surface area contributed by atoms with Crippen molar-refractivity contribution in [3.63, 3.8) is 0 Å². The smallest absolute Gasteiger partial charge is 0.123 e. The molecule has 0 aromatic carbocycles. The molecule has 0 radical (unpaired) electrons. The summed E-state index contributed by atoms with van der Waals surface area (Å²) in [6, 6.07) is -1.30. The molecule has 0 aliphatic carbocycles. The van der Waals surface area contributed by atoms with Gasteiger partial charge in [0.25, 0.3) is 0 Å². The molecule has 0 amide bonds. The average Bonchev–Trinajstić information content (AvgIpc) is 1.82. The summed E-state index contributed by atoms with van der Waals surface area (Å²) < 4.78 is 0.460. The Balaban J connectivity index is -0.000000605. The van der Waals surface area contributed by atoms with Crippen molar-refractivity contribution in [3.05, 3.63) is 0 Å². The van der Waals surface area contributed by atoms with Crippen LogP contribution < -0.4 is 10.8 Å². The minimum atomic E-state index is -1.42. The topological polar surface area (TPSA) is 86.4 Å². The Kier molecular flexibility index (Phi) is 10.1. The predicted octanol–water partition coefficient (Wildman–Crippen LogP) is -2.03. The second-order valence-electron chi connectivity index (χ2n) is 3.89. The Morgan fingerprint density at radius 1 is 1.43 bits per heavy atom. The van der Waals surface area contributed by atoms with Crippen LogP contribution in [-0.4, -0.2) is 55.4 Å². The number of hydrogen-bond donors (Lipinski definition) is 2. The molecule has 14 heavy (non-hydrogen) atoms. The van der Waals surface area contributed by atoms with Crippen LogP contribution in [0.4, 0.5) is 0 Å². The number of carboxylic acids is 1. The van der Waals surface area contributed by atoms with Crippen LogP contribution >= 0.6 is 24.8 Å². The number of aliphatic hydroxyl groups excluding tert-OH is 1. The normalized spacial score (nSPS) is 14.6. The maximum atomic E-state index is 10.2. The highest BCUT2D eigenvalue weighted by Crippen LogP contribution is 1.97. The summed E-state index contributed by atoms with van der Waals surface area (Å²) in [6.07, 6.45) is -1.06. The zero-order valence-electron chi connectivity index (χ0n) is 8.47. The van der Waals surface area contributed by atoms with E-state index >= 15 is 0 Å². The molecule has 0 aliphatic rings. The minimum Gasteiger partial charge on any atom is -0.548 e. The Morgan fingerprint density at radius 3 is 2.00 bits per heavy atom. The number of carbonyl (C=O) groups excluding carboxylic acids is 1. The van der Waals surface area contributed by atoms with E-state index in [0.717, 1.165) is 0 Å². The molecular formula is C7H18Cl2N2O3. The third-order valence-corrected chi connectivity index (χ3v) is 1.42. The van der Waals surface area contributed by atoms with Crippen LogP contribution in [-0.2, 0) is 4.79 Å². The van der Waals surface area contributed by atoms with Crippen LogP contribution in [0, 0.1) is 0 Å². The first kappa shape index (κ1) is 19.5. The van der Waals surface area contributed by atoms with E-state index in [2.05, 4.69) is 0 Å². The van der Waals surface area contributed by atoms with E-state index in [-0.39, 0.29) is 31.4 Å². The van der Waals surface area contributed by atoms with Gasteiger partial charge in [-0.3, -0.25) is 0 Å². The number of hydrogen-bond acceptors (Lipinski definition) is 4. The average molecular weight is 249 g/mol. The lowest BCUT2D eigenvalue weighted by molar-refractivity contribution is -0.873. The molecule has 0 aliphatic heterocycles. The fourth-order valence-electron chi connectivity index (χ4n) is 0.832. The number of likely N-dealkylation sites (N-methyl/N-ethyl adjacent to an activating group) is 1. The molecule has 2 atom stereocenters. The highest BCUT2D eigenvalue weighted by molar-refractivity contribution is 5.85. The van der Waals surface area contributed by atoms with Crippen molar-refractivity contribution in [2.24, 2.45) is 5.73 Å². The zero-order chi connectivity index (χ0) is 9.94. The molecule has 0 spiro atoms. The lowest BCUT2D eigenvalue weighted by atomic mass is 10.1. The van der Waals surface area contributed by atoms with E-state index in [4.69, 9.17) is 5.73 Å². The number of halogens is 2. The van der Waals surface area contributed by atoms with Gasteiger partial charge in [0.15, 0.2) is 0 Å². The van der Waals surface area contributed by atoms with Crippen LogP contribution in [0.15, 0.2) is 0 Å². The summed E-state index contributed by atoms with van der Waals surface area (Å²) >= 11 is 0. The van der Waals surface area contributed by atoms with Crippen LogP contribution in [0.3, 0.4) is 0 Å². The molecule has 0 saturated carbocycles. The van der Waals surface area contributed by atoms with Gasteiger partial charge in [0.05, 0.1) is 33.2 Å². The van der Waals surface area contributed by atoms with Gasteiger partial charge in [-0.1, -0.05) is 0 Å². The Morgan fingerprint density at radius 2 is 1.79 bits per heavy atom.